The van der Waals surface area contributed by atoms with E-state index in [4.69, 9.17) is 0 Å². The van der Waals surface area contributed by atoms with Gasteiger partial charge in [-0.15, -0.1) is 0 Å². The molecule has 140 valence electrons. The molecule has 0 N–H and O–H groups in total. The number of aromatic nitrogens is 3. The molecule has 28 heavy (non-hydrogen) atoms. The third-order valence-corrected chi connectivity index (χ3v) is 5.07. The maximum absolute atomic E-state index is 13.8. The molecule has 5 heteroatoms. The van der Waals surface area contributed by atoms with Gasteiger partial charge >= 0.3 is 0 Å². The highest BCUT2D eigenvalue weighted by Gasteiger charge is 2.15. The van der Waals surface area contributed by atoms with E-state index in [0.717, 1.165) is 12.6 Å². The first kappa shape index (κ1) is 18.0. The van der Waals surface area contributed by atoms with Gasteiger partial charge in [0.2, 0.25) is 0 Å². The molecule has 0 bridgehead atoms. The Balaban J connectivity index is 1.99. The first-order valence-corrected chi connectivity index (χ1v) is 9.31. The molecule has 0 aliphatic rings. The smallest absolute Gasteiger partial charge is 0.266 e. The minimum Gasteiger partial charge on any atom is -0.268 e. The molecule has 1 unspecified atom stereocenters. The topological polar surface area (TPSA) is 47.8 Å². The molecular weight excluding hydrogens is 353 g/mol. The summed E-state index contributed by atoms with van der Waals surface area (Å²) in [5.74, 6) is 0.331. The molecular formula is C23H20FN3O. The van der Waals surface area contributed by atoms with Gasteiger partial charge in [0.05, 0.1) is 22.8 Å². The zero-order chi connectivity index (χ0) is 19.7. The van der Waals surface area contributed by atoms with Gasteiger partial charge in [-0.05, 0) is 48.2 Å². The van der Waals surface area contributed by atoms with E-state index in [1.54, 1.807) is 12.1 Å². The summed E-state index contributed by atoms with van der Waals surface area (Å²) in [6.45, 7) is 4.31. The highest BCUT2D eigenvalue weighted by Crippen LogP contribution is 2.24. The van der Waals surface area contributed by atoms with Crippen LogP contribution >= 0.6 is 0 Å². The minimum absolute atomic E-state index is 0.193. The molecule has 4 rings (SSSR count). The second-order valence-electron chi connectivity index (χ2n) is 6.89. The average Bonchev–Trinajstić information content (AvgIpc) is 2.73. The number of hydrogen-bond acceptors (Lipinski definition) is 3. The highest BCUT2D eigenvalue weighted by atomic mass is 19.1. The fourth-order valence-electron chi connectivity index (χ4n) is 3.29. The van der Waals surface area contributed by atoms with E-state index in [0.29, 0.717) is 33.9 Å². The van der Waals surface area contributed by atoms with Crippen LogP contribution < -0.4 is 5.56 Å². The first-order chi connectivity index (χ1) is 13.6. The van der Waals surface area contributed by atoms with Crippen LogP contribution in [0.5, 0.6) is 0 Å². The second-order valence-corrected chi connectivity index (χ2v) is 6.89. The highest BCUT2D eigenvalue weighted by molar-refractivity contribution is 5.80. The summed E-state index contributed by atoms with van der Waals surface area (Å²) in [5.41, 5.74) is 2.73. The Kier molecular flexibility index (Phi) is 4.74. The fourth-order valence-corrected chi connectivity index (χ4v) is 3.29. The molecule has 0 amide bonds. The molecule has 0 radical (unpaired) electrons. The zero-order valence-electron chi connectivity index (χ0n) is 15.8. The van der Waals surface area contributed by atoms with Gasteiger partial charge in [0.1, 0.15) is 11.6 Å². The van der Waals surface area contributed by atoms with E-state index in [9.17, 15) is 9.18 Å². The molecule has 2 aromatic carbocycles. The molecule has 2 heterocycles. The summed E-state index contributed by atoms with van der Waals surface area (Å²) in [6.07, 6.45) is 3.69. The molecule has 0 aliphatic heterocycles. The van der Waals surface area contributed by atoms with Crippen molar-refractivity contribution < 1.29 is 4.39 Å². The Hall–Kier alpha value is -3.34. The lowest BCUT2D eigenvalue weighted by atomic mass is 9.98. The molecule has 0 spiro atoms. The molecule has 0 aliphatic carbocycles. The largest absolute Gasteiger partial charge is 0.268 e. The number of nitrogens with zero attached hydrogens (tertiary/aromatic N) is 3. The molecule has 2 aromatic heterocycles. The van der Waals surface area contributed by atoms with Crippen molar-refractivity contribution in [3.05, 3.63) is 88.7 Å². The first-order valence-electron chi connectivity index (χ1n) is 9.31. The van der Waals surface area contributed by atoms with Crippen LogP contribution in [0.3, 0.4) is 0 Å². The number of halogens is 1. The lowest BCUT2D eigenvalue weighted by molar-refractivity contribution is 0.621. The van der Waals surface area contributed by atoms with Gasteiger partial charge < -0.3 is 0 Å². The summed E-state index contributed by atoms with van der Waals surface area (Å²) < 4.78 is 15.3. The van der Waals surface area contributed by atoms with Gasteiger partial charge in [-0.2, -0.15) is 0 Å². The monoisotopic (exact) mass is 373 g/mol. The Morgan fingerprint density at radius 1 is 1.07 bits per heavy atom. The van der Waals surface area contributed by atoms with Crippen LogP contribution in [-0.2, 0) is 0 Å². The number of rotatable bonds is 4. The van der Waals surface area contributed by atoms with Crippen molar-refractivity contribution in [3.8, 4) is 17.1 Å². The van der Waals surface area contributed by atoms with Crippen molar-refractivity contribution in [2.75, 3.05) is 0 Å². The van der Waals surface area contributed by atoms with Crippen LogP contribution in [-0.4, -0.2) is 14.5 Å². The number of hydrogen-bond donors (Lipinski definition) is 0. The quantitative estimate of drug-likeness (QED) is 0.500. The number of pyridine rings is 1. The van der Waals surface area contributed by atoms with Crippen LogP contribution in [0.1, 0.15) is 31.7 Å². The predicted molar refractivity (Wildman–Crippen MR) is 109 cm³/mol. The van der Waals surface area contributed by atoms with Crippen molar-refractivity contribution in [2.24, 2.45) is 0 Å². The van der Waals surface area contributed by atoms with Crippen molar-refractivity contribution in [1.82, 2.24) is 14.5 Å². The van der Waals surface area contributed by atoms with Gasteiger partial charge in [0, 0.05) is 11.8 Å². The van der Waals surface area contributed by atoms with E-state index in [1.807, 2.05) is 36.4 Å². The molecule has 0 saturated heterocycles. The van der Waals surface area contributed by atoms with Crippen molar-refractivity contribution in [2.45, 2.75) is 26.2 Å². The van der Waals surface area contributed by atoms with Gasteiger partial charge in [0.15, 0.2) is 0 Å². The Labute approximate surface area is 162 Å². The fraction of sp³-hybridized carbons (Fsp3) is 0.174. The van der Waals surface area contributed by atoms with Gasteiger partial charge in [-0.25, -0.2) is 9.37 Å². The lowest BCUT2D eigenvalue weighted by Crippen LogP contribution is -2.22. The molecule has 4 aromatic rings. The van der Waals surface area contributed by atoms with E-state index in [2.05, 4.69) is 23.8 Å². The van der Waals surface area contributed by atoms with Crippen LogP contribution in [0.25, 0.3) is 28.0 Å². The van der Waals surface area contributed by atoms with Crippen LogP contribution in [0.2, 0.25) is 0 Å². The molecule has 0 saturated carbocycles. The molecule has 1 atom stereocenters. The Bertz CT molecular complexity index is 1200. The number of para-hydroxylation sites is 1. The SMILES string of the molecule is CCC(C)c1ccc(-n2c(-c3cncc(F)c3)nc3ccccc3c2=O)cc1. The maximum Gasteiger partial charge on any atom is 0.266 e. The summed E-state index contributed by atoms with van der Waals surface area (Å²) >= 11 is 0. The lowest BCUT2D eigenvalue weighted by Gasteiger charge is -2.15. The average molecular weight is 373 g/mol. The van der Waals surface area contributed by atoms with E-state index < -0.39 is 5.82 Å². The van der Waals surface area contributed by atoms with Crippen LogP contribution in [0.15, 0.2) is 71.8 Å². The van der Waals surface area contributed by atoms with Crippen LogP contribution in [0.4, 0.5) is 4.39 Å². The molecule has 0 fully saturated rings. The van der Waals surface area contributed by atoms with Gasteiger partial charge in [-0.1, -0.05) is 38.1 Å². The standard InChI is InChI=1S/C23H20FN3O/c1-3-15(2)16-8-10-19(11-9-16)27-22(17-12-18(24)14-25-13-17)26-21-7-5-4-6-20(21)23(27)28/h4-15H,3H2,1-2H3. The predicted octanol–water partition coefficient (Wildman–Crippen LogP) is 5.10. The summed E-state index contributed by atoms with van der Waals surface area (Å²) in [5, 5.41) is 0.515. The van der Waals surface area contributed by atoms with Gasteiger partial charge in [-0.3, -0.25) is 14.3 Å². The maximum atomic E-state index is 13.8. The van der Waals surface area contributed by atoms with Crippen molar-refractivity contribution in [3.63, 3.8) is 0 Å². The minimum atomic E-state index is -0.474. The van der Waals surface area contributed by atoms with Gasteiger partial charge in [0.25, 0.3) is 5.56 Å². The Morgan fingerprint density at radius 2 is 1.82 bits per heavy atom. The second kappa shape index (κ2) is 7.35. The van der Waals surface area contributed by atoms with E-state index in [1.165, 1.54) is 22.4 Å². The summed E-state index contributed by atoms with van der Waals surface area (Å²) in [4.78, 5) is 21.9. The van der Waals surface area contributed by atoms with E-state index in [-0.39, 0.29) is 5.56 Å². The normalized spacial score (nSPS) is 12.2. The third kappa shape index (κ3) is 3.20. The Morgan fingerprint density at radius 3 is 2.54 bits per heavy atom. The van der Waals surface area contributed by atoms with Crippen molar-refractivity contribution in [1.29, 1.82) is 0 Å². The summed E-state index contributed by atoms with van der Waals surface area (Å²) in [6, 6.07) is 16.4. The zero-order valence-corrected chi connectivity index (χ0v) is 15.8. The van der Waals surface area contributed by atoms with E-state index >= 15 is 0 Å². The third-order valence-electron chi connectivity index (χ3n) is 5.07. The number of benzene rings is 2. The van der Waals surface area contributed by atoms with Crippen LogP contribution in [0, 0.1) is 5.82 Å². The summed E-state index contributed by atoms with van der Waals surface area (Å²) in [7, 11) is 0. The molecule has 4 nitrogen and oxygen atoms in total. The number of fused-ring (bicyclic) bond motifs is 1. The van der Waals surface area contributed by atoms with Crippen molar-refractivity contribution >= 4 is 10.9 Å².